The van der Waals surface area contributed by atoms with Gasteiger partial charge in [0.05, 0.1) is 18.8 Å². The molecule has 1 atom stereocenters. The molecule has 0 bridgehead atoms. The van der Waals surface area contributed by atoms with Crippen molar-refractivity contribution in [1.29, 1.82) is 0 Å². The van der Waals surface area contributed by atoms with E-state index in [0.717, 1.165) is 11.5 Å². The molecular weight excluding hydrogens is 333 g/mol. The maximum atomic E-state index is 12.9. The second kappa shape index (κ2) is 9.60. The molecule has 1 aromatic heterocycles. The van der Waals surface area contributed by atoms with Crippen molar-refractivity contribution in [3.05, 3.63) is 54.0 Å². The number of benzene rings is 1. The number of ether oxygens (including phenoxy) is 1. The molecule has 0 aliphatic heterocycles. The lowest BCUT2D eigenvalue weighted by Crippen LogP contribution is -2.41. The lowest BCUT2D eigenvalue weighted by Gasteiger charge is -2.18. The van der Waals surface area contributed by atoms with Crippen LogP contribution < -0.4 is 20.3 Å². The van der Waals surface area contributed by atoms with Crippen molar-refractivity contribution in [2.75, 3.05) is 32.6 Å². The van der Waals surface area contributed by atoms with Gasteiger partial charge in [-0.1, -0.05) is 6.07 Å². The lowest BCUT2D eigenvalue weighted by atomic mass is 10.3. The van der Waals surface area contributed by atoms with E-state index < -0.39 is 0 Å². The highest BCUT2D eigenvalue weighted by Gasteiger charge is 2.07. The molecule has 1 heterocycles. The Morgan fingerprint density at radius 3 is 2.58 bits per heavy atom. The normalized spacial score (nSPS) is 12.4. The molecule has 0 spiro atoms. The van der Waals surface area contributed by atoms with Gasteiger partial charge in [-0.15, -0.1) is 0 Å². The van der Waals surface area contributed by atoms with E-state index in [1.165, 1.54) is 12.1 Å². The molecule has 2 N–H and O–H groups in total. The van der Waals surface area contributed by atoms with E-state index in [9.17, 15) is 4.39 Å². The number of aliphatic imine (C=N–C) groups is 1. The maximum Gasteiger partial charge on any atom is 0.191 e. The SMILES string of the molecule is CN=C(NCc1cccc(N(C)C)n1)NCC(C)Oc1ccc(F)cc1. The maximum absolute atomic E-state index is 12.9. The molecule has 7 heteroatoms. The second-order valence-electron chi connectivity index (χ2n) is 6.07. The summed E-state index contributed by atoms with van der Waals surface area (Å²) in [6.45, 7) is 3.06. The lowest BCUT2D eigenvalue weighted by molar-refractivity contribution is 0.223. The summed E-state index contributed by atoms with van der Waals surface area (Å²) in [5.41, 5.74) is 0.926. The van der Waals surface area contributed by atoms with E-state index in [1.54, 1.807) is 19.2 Å². The molecule has 0 radical (unpaired) electrons. The minimum atomic E-state index is -0.278. The molecule has 2 aromatic rings. The Balaban J connectivity index is 1.80. The highest BCUT2D eigenvalue weighted by Crippen LogP contribution is 2.12. The van der Waals surface area contributed by atoms with Gasteiger partial charge < -0.3 is 20.3 Å². The number of anilines is 1. The first-order chi connectivity index (χ1) is 12.5. The van der Waals surface area contributed by atoms with E-state index in [-0.39, 0.29) is 11.9 Å². The molecule has 26 heavy (non-hydrogen) atoms. The van der Waals surface area contributed by atoms with Crippen molar-refractivity contribution in [2.45, 2.75) is 19.6 Å². The standard InChI is InChI=1S/C19H26FN5O/c1-14(26-17-10-8-15(20)9-11-17)12-22-19(21-2)23-13-16-6-5-7-18(24-16)25(3)4/h5-11,14H,12-13H2,1-4H3,(H2,21,22,23). The molecule has 0 saturated heterocycles. The van der Waals surface area contributed by atoms with Gasteiger partial charge >= 0.3 is 0 Å². The molecule has 0 aliphatic rings. The predicted octanol–water partition coefficient (Wildman–Crippen LogP) is 2.42. The molecule has 2 rings (SSSR count). The summed E-state index contributed by atoms with van der Waals surface area (Å²) in [7, 11) is 5.63. The quantitative estimate of drug-likeness (QED) is 0.587. The number of hydrogen-bond donors (Lipinski definition) is 2. The number of nitrogens with zero attached hydrogens (tertiary/aromatic N) is 3. The van der Waals surface area contributed by atoms with Gasteiger partial charge in [0.25, 0.3) is 0 Å². The Kier molecular flexibility index (Phi) is 7.20. The summed E-state index contributed by atoms with van der Waals surface area (Å²) in [5.74, 6) is 1.93. The first kappa shape index (κ1) is 19.5. The van der Waals surface area contributed by atoms with Gasteiger partial charge in [-0.05, 0) is 43.3 Å². The summed E-state index contributed by atoms with van der Waals surface area (Å²) in [6.07, 6.45) is -0.103. The zero-order valence-corrected chi connectivity index (χ0v) is 15.7. The van der Waals surface area contributed by atoms with Gasteiger partial charge in [-0.3, -0.25) is 4.99 Å². The van der Waals surface area contributed by atoms with Crippen LogP contribution in [-0.4, -0.2) is 44.7 Å². The van der Waals surface area contributed by atoms with Gasteiger partial charge in [0.1, 0.15) is 23.5 Å². The molecule has 0 aliphatic carbocycles. The number of hydrogen-bond acceptors (Lipinski definition) is 4. The van der Waals surface area contributed by atoms with E-state index in [2.05, 4.69) is 20.6 Å². The molecule has 1 unspecified atom stereocenters. The third kappa shape index (κ3) is 6.23. The average Bonchev–Trinajstić information content (AvgIpc) is 2.64. The highest BCUT2D eigenvalue weighted by atomic mass is 19.1. The number of aromatic nitrogens is 1. The van der Waals surface area contributed by atoms with Crippen LogP contribution in [0.5, 0.6) is 5.75 Å². The van der Waals surface area contributed by atoms with Crippen molar-refractivity contribution in [1.82, 2.24) is 15.6 Å². The second-order valence-corrected chi connectivity index (χ2v) is 6.07. The molecule has 0 amide bonds. The topological polar surface area (TPSA) is 61.8 Å². The van der Waals surface area contributed by atoms with Crippen molar-refractivity contribution in [2.24, 2.45) is 4.99 Å². The fraction of sp³-hybridized carbons (Fsp3) is 0.368. The summed E-state index contributed by atoms with van der Waals surface area (Å²) in [5, 5.41) is 6.44. The van der Waals surface area contributed by atoms with Crippen LogP contribution in [0.3, 0.4) is 0 Å². The average molecular weight is 359 g/mol. The van der Waals surface area contributed by atoms with Crippen molar-refractivity contribution >= 4 is 11.8 Å². The fourth-order valence-corrected chi connectivity index (χ4v) is 2.24. The van der Waals surface area contributed by atoms with Gasteiger partial charge in [0, 0.05) is 21.1 Å². The number of guanidine groups is 1. The Morgan fingerprint density at radius 2 is 1.92 bits per heavy atom. The van der Waals surface area contributed by atoms with E-state index in [0.29, 0.717) is 24.8 Å². The van der Waals surface area contributed by atoms with Gasteiger partial charge in [-0.2, -0.15) is 0 Å². The number of nitrogens with one attached hydrogen (secondary N) is 2. The van der Waals surface area contributed by atoms with Crippen LogP contribution >= 0.6 is 0 Å². The van der Waals surface area contributed by atoms with E-state index in [4.69, 9.17) is 4.74 Å². The molecule has 140 valence electrons. The Labute approximate surface area is 154 Å². The minimum absolute atomic E-state index is 0.103. The summed E-state index contributed by atoms with van der Waals surface area (Å²) in [6, 6.07) is 11.9. The monoisotopic (exact) mass is 359 g/mol. The van der Waals surface area contributed by atoms with Crippen LogP contribution in [0.2, 0.25) is 0 Å². The Hall–Kier alpha value is -2.83. The van der Waals surface area contributed by atoms with Crippen LogP contribution in [0.1, 0.15) is 12.6 Å². The van der Waals surface area contributed by atoms with Crippen LogP contribution in [-0.2, 0) is 6.54 Å². The first-order valence-corrected chi connectivity index (χ1v) is 8.48. The smallest absolute Gasteiger partial charge is 0.191 e. The van der Waals surface area contributed by atoms with Crippen molar-refractivity contribution in [3.63, 3.8) is 0 Å². The van der Waals surface area contributed by atoms with Crippen LogP contribution in [0.15, 0.2) is 47.5 Å². The largest absolute Gasteiger partial charge is 0.489 e. The van der Waals surface area contributed by atoms with Crippen molar-refractivity contribution < 1.29 is 9.13 Å². The summed E-state index contributed by atoms with van der Waals surface area (Å²) < 4.78 is 18.7. The summed E-state index contributed by atoms with van der Waals surface area (Å²) >= 11 is 0. The molecular formula is C19H26FN5O. The summed E-state index contributed by atoms with van der Waals surface area (Å²) in [4.78, 5) is 10.7. The third-order valence-electron chi connectivity index (χ3n) is 3.62. The van der Waals surface area contributed by atoms with E-state index in [1.807, 2.05) is 44.1 Å². The highest BCUT2D eigenvalue weighted by molar-refractivity contribution is 5.79. The van der Waals surface area contributed by atoms with Crippen molar-refractivity contribution in [3.8, 4) is 5.75 Å². The van der Waals surface area contributed by atoms with Gasteiger partial charge in [-0.25, -0.2) is 9.37 Å². The van der Waals surface area contributed by atoms with Gasteiger partial charge in [0.2, 0.25) is 0 Å². The number of halogens is 1. The first-order valence-electron chi connectivity index (χ1n) is 8.48. The molecule has 1 aromatic carbocycles. The third-order valence-corrected chi connectivity index (χ3v) is 3.62. The van der Waals surface area contributed by atoms with E-state index >= 15 is 0 Å². The minimum Gasteiger partial charge on any atom is -0.489 e. The Bertz CT molecular complexity index is 718. The zero-order chi connectivity index (χ0) is 18.9. The molecule has 0 fully saturated rings. The Morgan fingerprint density at radius 1 is 1.19 bits per heavy atom. The zero-order valence-electron chi connectivity index (χ0n) is 15.7. The van der Waals surface area contributed by atoms with Crippen LogP contribution in [0.25, 0.3) is 0 Å². The molecule has 6 nitrogen and oxygen atoms in total. The van der Waals surface area contributed by atoms with Gasteiger partial charge in [0.15, 0.2) is 5.96 Å². The fourth-order valence-electron chi connectivity index (χ4n) is 2.24. The number of rotatable bonds is 7. The molecule has 0 saturated carbocycles. The van der Waals surface area contributed by atoms with Crippen LogP contribution in [0, 0.1) is 5.82 Å². The number of pyridine rings is 1. The predicted molar refractivity (Wildman–Crippen MR) is 103 cm³/mol. The van der Waals surface area contributed by atoms with Crippen LogP contribution in [0.4, 0.5) is 10.2 Å².